The van der Waals surface area contributed by atoms with Gasteiger partial charge in [0.05, 0.1) is 5.54 Å². The van der Waals surface area contributed by atoms with E-state index in [0.29, 0.717) is 6.42 Å². The number of likely N-dealkylation sites (tertiary alicyclic amines) is 1. The molecule has 0 spiro atoms. The predicted molar refractivity (Wildman–Crippen MR) is 75.1 cm³/mol. The zero-order chi connectivity index (χ0) is 13.6. The number of primary amides is 1. The highest BCUT2D eigenvalue weighted by molar-refractivity contribution is 5.83. The average molecular weight is 255 g/mol. The number of hydrogen-bond donors (Lipinski definition) is 2. The van der Waals surface area contributed by atoms with E-state index in [1.165, 1.54) is 32.4 Å². The van der Waals surface area contributed by atoms with Crippen LogP contribution in [0, 0.1) is 5.92 Å². The van der Waals surface area contributed by atoms with Gasteiger partial charge in [-0.15, -0.1) is 0 Å². The third-order valence-electron chi connectivity index (χ3n) is 4.16. The molecule has 0 aromatic heterocycles. The molecule has 4 N–H and O–H groups in total. The Morgan fingerprint density at radius 3 is 2.78 bits per heavy atom. The number of piperidine rings is 1. The van der Waals surface area contributed by atoms with Gasteiger partial charge in [-0.1, -0.05) is 13.3 Å². The van der Waals surface area contributed by atoms with Crippen molar-refractivity contribution >= 4 is 5.91 Å². The molecule has 0 aromatic rings. The van der Waals surface area contributed by atoms with Crippen LogP contribution in [0.1, 0.15) is 52.4 Å². The number of amides is 1. The average Bonchev–Trinajstić information content (AvgIpc) is 2.35. The van der Waals surface area contributed by atoms with Gasteiger partial charge in [-0.05, 0) is 58.0 Å². The second-order valence-corrected chi connectivity index (χ2v) is 5.96. The maximum Gasteiger partial charge on any atom is 0.237 e. The van der Waals surface area contributed by atoms with Gasteiger partial charge in [-0.3, -0.25) is 4.79 Å². The second kappa shape index (κ2) is 7.10. The lowest BCUT2D eigenvalue weighted by Crippen LogP contribution is -2.49. The number of nitrogens with two attached hydrogens (primary N) is 2. The van der Waals surface area contributed by atoms with Crippen molar-refractivity contribution in [1.29, 1.82) is 0 Å². The summed E-state index contributed by atoms with van der Waals surface area (Å²) in [6.45, 7) is 7.61. The van der Waals surface area contributed by atoms with E-state index < -0.39 is 11.4 Å². The summed E-state index contributed by atoms with van der Waals surface area (Å²) in [5.41, 5.74) is 10.3. The van der Waals surface area contributed by atoms with Gasteiger partial charge in [-0.2, -0.15) is 0 Å². The fourth-order valence-corrected chi connectivity index (χ4v) is 2.64. The van der Waals surface area contributed by atoms with Crippen molar-refractivity contribution in [2.24, 2.45) is 17.4 Å². The van der Waals surface area contributed by atoms with E-state index in [0.717, 1.165) is 25.3 Å². The normalized spacial score (nSPS) is 24.7. The van der Waals surface area contributed by atoms with Crippen LogP contribution < -0.4 is 11.5 Å². The van der Waals surface area contributed by atoms with Crippen LogP contribution in [-0.2, 0) is 4.79 Å². The summed E-state index contributed by atoms with van der Waals surface area (Å²) in [5, 5.41) is 0. The maximum atomic E-state index is 11.1. The van der Waals surface area contributed by atoms with Crippen LogP contribution in [0.5, 0.6) is 0 Å². The van der Waals surface area contributed by atoms with Gasteiger partial charge >= 0.3 is 0 Å². The minimum absolute atomic E-state index is 0.397. The van der Waals surface area contributed by atoms with Gasteiger partial charge in [0.25, 0.3) is 0 Å². The van der Waals surface area contributed by atoms with E-state index in [9.17, 15) is 4.79 Å². The third kappa shape index (κ3) is 4.94. The smallest absolute Gasteiger partial charge is 0.237 e. The molecule has 1 rings (SSSR count). The fraction of sp³-hybridized carbons (Fsp3) is 0.929. The number of rotatable bonds is 7. The molecule has 0 radical (unpaired) electrons. The lowest BCUT2D eigenvalue weighted by atomic mass is 9.94. The Morgan fingerprint density at radius 2 is 2.17 bits per heavy atom. The molecule has 1 fully saturated rings. The summed E-state index contributed by atoms with van der Waals surface area (Å²) >= 11 is 0. The lowest BCUT2D eigenvalue weighted by Gasteiger charge is -2.32. The molecular weight excluding hydrogens is 226 g/mol. The summed E-state index contributed by atoms with van der Waals surface area (Å²) < 4.78 is 0. The van der Waals surface area contributed by atoms with Crippen LogP contribution in [-0.4, -0.2) is 36.0 Å². The minimum atomic E-state index is -0.839. The van der Waals surface area contributed by atoms with Crippen LogP contribution in [0.15, 0.2) is 0 Å². The van der Waals surface area contributed by atoms with Gasteiger partial charge in [0, 0.05) is 6.54 Å². The fourth-order valence-electron chi connectivity index (χ4n) is 2.64. The van der Waals surface area contributed by atoms with Crippen molar-refractivity contribution in [3.05, 3.63) is 0 Å². The molecule has 0 aromatic carbocycles. The summed E-state index contributed by atoms with van der Waals surface area (Å²) in [7, 11) is 0. The first kappa shape index (κ1) is 15.4. The number of carbonyl (C=O) groups excluding carboxylic acids is 1. The summed E-state index contributed by atoms with van der Waals surface area (Å²) in [6.07, 6.45) is 6.77. The Hall–Kier alpha value is -0.610. The molecule has 4 heteroatoms. The zero-order valence-corrected chi connectivity index (χ0v) is 12.0. The van der Waals surface area contributed by atoms with Gasteiger partial charge < -0.3 is 16.4 Å². The van der Waals surface area contributed by atoms with Crippen molar-refractivity contribution in [2.45, 2.75) is 57.9 Å². The SMILES string of the molecule is CCC1CCCN(CCCCC(C)(N)C(N)=O)C1. The Morgan fingerprint density at radius 1 is 1.44 bits per heavy atom. The van der Waals surface area contributed by atoms with Crippen LogP contribution in [0.2, 0.25) is 0 Å². The molecule has 0 aliphatic carbocycles. The first-order chi connectivity index (χ1) is 8.45. The van der Waals surface area contributed by atoms with Crippen molar-refractivity contribution in [1.82, 2.24) is 4.90 Å². The first-order valence-electron chi connectivity index (χ1n) is 7.27. The number of hydrogen-bond acceptors (Lipinski definition) is 3. The standard InChI is InChI=1S/C14H29N3O/c1-3-12-7-6-10-17(11-12)9-5-4-8-14(2,16)13(15)18/h12H,3-11,16H2,1-2H3,(H2,15,18). The summed E-state index contributed by atoms with van der Waals surface area (Å²) in [5.74, 6) is 0.482. The van der Waals surface area contributed by atoms with Crippen LogP contribution in [0.3, 0.4) is 0 Å². The van der Waals surface area contributed by atoms with E-state index in [2.05, 4.69) is 11.8 Å². The quantitative estimate of drug-likeness (QED) is 0.677. The zero-order valence-electron chi connectivity index (χ0n) is 12.0. The molecule has 18 heavy (non-hydrogen) atoms. The third-order valence-corrected chi connectivity index (χ3v) is 4.16. The van der Waals surface area contributed by atoms with Gasteiger partial charge in [0.15, 0.2) is 0 Å². The first-order valence-corrected chi connectivity index (χ1v) is 7.27. The van der Waals surface area contributed by atoms with E-state index in [4.69, 9.17) is 11.5 Å². The van der Waals surface area contributed by atoms with Gasteiger partial charge in [-0.25, -0.2) is 0 Å². The van der Waals surface area contributed by atoms with Crippen molar-refractivity contribution in [3.8, 4) is 0 Å². The maximum absolute atomic E-state index is 11.1. The molecule has 1 aliphatic rings. The topological polar surface area (TPSA) is 72.3 Å². The monoisotopic (exact) mass is 255 g/mol. The lowest BCUT2D eigenvalue weighted by molar-refractivity contribution is -0.122. The molecule has 1 amide bonds. The van der Waals surface area contributed by atoms with Crippen molar-refractivity contribution in [2.75, 3.05) is 19.6 Å². The minimum Gasteiger partial charge on any atom is -0.368 e. The Labute approximate surface area is 111 Å². The molecule has 1 saturated heterocycles. The van der Waals surface area contributed by atoms with E-state index in [1.807, 2.05) is 0 Å². The summed E-state index contributed by atoms with van der Waals surface area (Å²) in [6, 6.07) is 0. The highest BCUT2D eigenvalue weighted by atomic mass is 16.1. The molecule has 2 unspecified atom stereocenters. The van der Waals surface area contributed by atoms with Crippen molar-refractivity contribution < 1.29 is 4.79 Å². The van der Waals surface area contributed by atoms with E-state index in [1.54, 1.807) is 6.92 Å². The predicted octanol–water partition coefficient (Wildman–Crippen LogP) is 1.48. The molecule has 0 bridgehead atoms. The molecule has 1 heterocycles. The molecule has 2 atom stereocenters. The Kier molecular flexibility index (Phi) is 6.09. The second-order valence-electron chi connectivity index (χ2n) is 5.96. The largest absolute Gasteiger partial charge is 0.368 e. The Bertz CT molecular complexity index is 266. The number of unbranched alkanes of at least 4 members (excludes halogenated alkanes) is 1. The van der Waals surface area contributed by atoms with Crippen molar-refractivity contribution in [3.63, 3.8) is 0 Å². The molecule has 0 saturated carbocycles. The highest BCUT2D eigenvalue weighted by Crippen LogP contribution is 2.19. The van der Waals surface area contributed by atoms with Gasteiger partial charge in [0.1, 0.15) is 0 Å². The van der Waals surface area contributed by atoms with Crippen LogP contribution in [0.25, 0.3) is 0 Å². The van der Waals surface area contributed by atoms with E-state index >= 15 is 0 Å². The Balaban J connectivity index is 2.16. The number of carbonyl (C=O) groups is 1. The van der Waals surface area contributed by atoms with E-state index in [-0.39, 0.29) is 0 Å². The highest BCUT2D eigenvalue weighted by Gasteiger charge is 2.25. The molecule has 4 nitrogen and oxygen atoms in total. The number of nitrogens with zero attached hydrogens (tertiary/aromatic N) is 1. The van der Waals surface area contributed by atoms with Crippen LogP contribution in [0.4, 0.5) is 0 Å². The molecular formula is C14H29N3O. The van der Waals surface area contributed by atoms with Gasteiger partial charge in [0.2, 0.25) is 5.91 Å². The van der Waals surface area contributed by atoms with Crippen LogP contribution >= 0.6 is 0 Å². The molecule has 106 valence electrons. The molecule has 1 aliphatic heterocycles. The summed E-state index contributed by atoms with van der Waals surface area (Å²) in [4.78, 5) is 13.6.